The summed E-state index contributed by atoms with van der Waals surface area (Å²) in [5, 5.41) is 13.7. The summed E-state index contributed by atoms with van der Waals surface area (Å²) in [6.45, 7) is 14.9. The number of pyridine rings is 1. The van der Waals surface area contributed by atoms with Crippen molar-refractivity contribution < 1.29 is 4.74 Å². The lowest BCUT2D eigenvalue weighted by Crippen LogP contribution is -2.52. The first-order valence-corrected chi connectivity index (χ1v) is 19.8. The van der Waals surface area contributed by atoms with Gasteiger partial charge >= 0.3 is 0 Å². The molecule has 4 aliphatic heterocycles. The van der Waals surface area contributed by atoms with E-state index in [0.29, 0.717) is 28.2 Å². The Morgan fingerprint density at radius 2 is 1.87 bits per heavy atom. The largest absolute Gasteiger partial charge is 0.378 e. The minimum absolute atomic E-state index is 0.0191. The molecule has 0 amide bonds. The van der Waals surface area contributed by atoms with Gasteiger partial charge in [0.05, 0.1) is 52.8 Å². The van der Waals surface area contributed by atoms with Gasteiger partial charge in [-0.3, -0.25) is 19.8 Å². The van der Waals surface area contributed by atoms with Gasteiger partial charge in [-0.25, -0.2) is 0 Å². The normalized spacial score (nSPS) is 20.1. The van der Waals surface area contributed by atoms with Crippen LogP contribution in [0.4, 0.5) is 11.4 Å². The number of aromatic nitrogens is 1. The van der Waals surface area contributed by atoms with Crippen molar-refractivity contribution in [3.8, 4) is 12.3 Å². The smallest absolute Gasteiger partial charge is 0.0955 e. The maximum absolute atomic E-state index is 7.05. The number of thiophene rings is 1. The topological polar surface area (TPSA) is 80.0 Å². The van der Waals surface area contributed by atoms with E-state index in [1.165, 1.54) is 21.6 Å². The van der Waals surface area contributed by atoms with Crippen molar-refractivity contribution in [2.75, 3.05) is 43.5 Å². The van der Waals surface area contributed by atoms with Gasteiger partial charge in [-0.15, -0.1) is 23.3 Å². The molecule has 4 aliphatic rings. The predicted molar refractivity (Wildman–Crippen MR) is 213 cm³/mol. The quantitative estimate of drug-likeness (QED) is 0.131. The third-order valence-corrected chi connectivity index (χ3v) is 12.6. The molecule has 11 heteroatoms. The van der Waals surface area contributed by atoms with Gasteiger partial charge in [0, 0.05) is 72.1 Å². The number of hydrazine groups is 2. The molecule has 0 saturated carbocycles. The van der Waals surface area contributed by atoms with Gasteiger partial charge in [0.1, 0.15) is 0 Å². The summed E-state index contributed by atoms with van der Waals surface area (Å²) in [5.41, 5.74) is 15.5. The highest BCUT2D eigenvalue weighted by atomic mass is 35.5. The van der Waals surface area contributed by atoms with E-state index in [1.54, 1.807) is 6.20 Å². The number of terminal acetylenes is 1. The highest BCUT2D eigenvalue weighted by Gasteiger charge is 2.35. The lowest BCUT2D eigenvalue weighted by Gasteiger charge is -2.42. The first-order valence-electron chi connectivity index (χ1n) is 18.5. The van der Waals surface area contributed by atoms with Crippen molar-refractivity contribution in [2.45, 2.75) is 83.2 Å². The number of likely N-dealkylation sites (tertiary alicyclic amines) is 1. The summed E-state index contributed by atoms with van der Waals surface area (Å²) < 4.78 is 5.53. The molecule has 8 rings (SSSR count). The van der Waals surface area contributed by atoms with E-state index in [1.807, 2.05) is 23.5 Å². The van der Waals surface area contributed by atoms with Crippen LogP contribution in [0.2, 0.25) is 5.02 Å². The second kappa shape index (κ2) is 14.5. The molecule has 0 unspecified atom stereocenters. The molecule has 6 heterocycles. The Bertz CT molecular complexity index is 1990. The summed E-state index contributed by atoms with van der Waals surface area (Å²) in [4.78, 5) is 11.3. The van der Waals surface area contributed by atoms with Crippen molar-refractivity contribution in [1.29, 1.82) is 0 Å². The fourth-order valence-corrected chi connectivity index (χ4v) is 9.42. The number of ether oxygens (including phenoxy) is 1. The van der Waals surface area contributed by atoms with Crippen molar-refractivity contribution >= 4 is 45.2 Å². The second-order valence-electron chi connectivity index (χ2n) is 15.5. The molecule has 4 N–H and O–H groups in total. The number of hydrogen-bond donors (Lipinski definition) is 4. The molecule has 2 aromatic heterocycles. The summed E-state index contributed by atoms with van der Waals surface area (Å²) >= 11 is 8.92. The first-order chi connectivity index (χ1) is 25.2. The molecular formula is C41H49ClN8OS. The van der Waals surface area contributed by atoms with Crippen molar-refractivity contribution in [3.63, 3.8) is 0 Å². The number of halogens is 1. The van der Waals surface area contributed by atoms with Crippen LogP contribution in [0.25, 0.3) is 10.9 Å². The highest BCUT2D eigenvalue weighted by molar-refractivity contribution is 7.10. The number of anilines is 2. The van der Waals surface area contributed by atoms with E-state index in [-0.39, 0.29) is 17.6 Å². The van der Waals surface area contributed by atoms with E-state index >= 15 is 0 Å². The molecular weight excluding hydrogens is 688 g/mol. The van der Waals surface area contributed by atoms with Crippen LogP contribution in [-0.4, -0.2) is 70.3 Å². The number of benzene rings is 2. The van der Waals surface area contributed by atoms with Crippen LogP contribution in [-0.2, 0) is 17.7 Å². The number of hydrogen-bond acceptors (Lipinski definition) is 10. The minimum Gasteiger partial charge on any atom is -0.378 e. The van der Waals surface area contributed by atoms with Crippen molar-refractivity contribution in [1.82, 2.24) is 30.8 Å². The molecule has 4 aromatic rings. The van der Waals surface area contributed by atoms with Gasteiger partial charge in [0.25, 0.3) is 0 Å². The Morgan fingerprint density at radius 3 is 2.58 bits per heavy atom. The van der Waals surface area contributed by atoms with Gasteiger partial charge in [0.2, 0.25) is 0 Å². The molecule has 0 spiro atoms. The number of rotatable bonds is 9. The monoisotopic (exact) mass is 736 g/mol. The average molecular weight is 737 g/mol. The van der Waals surface area contributed by atoms with Crippen LogP contribution in [0.1, 0.15) is 79.8 Å². The maximum Gasteiger partial charge on any atom is 0.0955 e. The standard InChI is InChI=1S/C41H49ClN8OS/c1-6-27-20-43-39-33(38(27)44-26(2)28-10-8-7-9-11-28)18-29(19-35(39)42)45-40(34-25-52-37-22-48(15-14-32(34)37)31-23-51-24-31)36-21-50(47-46-36)30-12-16-49(17-13-30)41(3,4)5/h1,7-11,18-21,25-26,30-31,40,45-47H,12-17,22-24H2,2-5H3,(H,43,44)/t26-,40+/m1/s1. The molecule has 272 valence electrons. The number of piperidine rings is 1. The Kier molecular flexibility index (Phi) is 9.85. The van der Waals surface area contributed by atoms with Crippen LogP contribution >= 0.6 is 22.9 Å². The van der Waals surface area contributed by atoms with Crippen LogP contribution in [0.3, 0.4) is 0 Å². The van der Waals surface area contributed by atoms with Gasteiger partial charge in [-0.1, -0.05) is 47.9 Å². The van der Waals surface area contributed by atoms with E-state index in [4.69, 9.17) is 27.7 Å². The number of nitrogens with one attached hydrogen (secondary N) is 4. The first kappa shape index (κ1) is 35.2. The molecule has 2 saturated heterocycles. The summed E-state index contributed by atoms with van der Waals surface area (Å²) in [7, 11) is 0. The maximum atomic E-state index is 7.05. The Hall–Kier alpha value is -3.82. The zero-order chi connectivity index (χ0) is 36.0. The zero-order valence-electron chi connectivity index (χ0n) is 30.5. The summed E-state index contributed by atoms with van der Waals surface area (Å²) in [6.07, 6.45) is 13.3. The van der Waals surface area contributed by atoms with Gasteiger partial charge in [-0.05, 0) is 81.2 Å². The molecule has 0 radical (unpaired) electrons. The second-order valence-corrected chi connectivity index (χ2v) is 16.9. The zero-order valence-corrected chi connectivity index (χ0v) is 32.1. The van der Waals surface area contributed by atoms with Crippen molar-refractivity contribution in [3.05, 3.63) is 98.1 Å². The molecule has 0 aliphatic carbocycles. The van der Waals surface area contributed by atoms with Crippen LogP contribution < -0.4 is 21.6 Å². The van der Waals surface area contributed by atoms with E-state index in [0.717, 1.165) is 81.1 Å². The summed E-state index contributed by atoms with van der Waals surface area (Å²) in [6, 6.07) is 15.3. The Morgan fingerprint density at radius 1 is 1.08 bits per heavy atom. The van der Waals surface area contributed by atoms with Gasteiger partial charge < -0.3 is 20.8 Å². The fraction of sp³-hybridized carbons (Fsp3) is 0.439. The molecule has 2 atom stereocenters. The van der Waals surface area contributed by atoms with Gasteiger partial charge in [0.15, 0.2) is 0 Å². The van der Waals surface area contributed by atoms with E-state index < -0.39 is 0 Å². The van der Waals surface area contributed by atoms with E-state index in [9.17, 15) is 0 Å². The lowest BCUT2D eigenvalue weighted by atomic mass is 9.95. The number of nitrogens with zero attached hydrogens (tertiary/aromatic N) is 4. The van der Waals surface area contributed by atoms with Crippen LogP contribution in [0, 0.1) is 12.3 Å². The van der Waals surface area contributed by atoms with Crippen molar-refractivity contribution in [2.24, 2.45) is 0 Å². The molecule has 2 fully saturated rings. The average Bonchev–Trinajstić information content (AvgIpc) is 3.78. The lowest BCUT2D eigenvalue weighted by molar-refractivity contribution is -0.0691. The molecule has 0 bridgehead atoms. The molecule has 9 nitrogen and oxygen atoms in total. The van der Waals surface area contributed by atoms with Crippen LogP contribution in [0.15, 0.2) is 65.9 Å². The van der Waals surface area contributed by atoms with E-state index in [2.05, 4.69) is 112 Å². The number of fused-ring (bicyclic) bond motifs is 2. The SMILES string of the molecule is C#Cc1cnc2c(Cl)cc(N[C@H](C3=CN(C4CCN(C(C)(C)C)CC4)NN3)c3csc4c3CCN(C3COC3)C4)cc2c1N[C@H](C)c1ccccc1. The predicted octanol–water partition coefficient (Wildman–Crippen LogP) is 7.44. The van der Waals surface area contributed by atoms with Gasteiger partial charge in [-0.2, -0.15) is 0 Å². The third-order valence-electron chi connectivity index (χ3n) is 11.2. The molecule has 52 heavy (non-hydrogen) atoms. The third kappa shape index (κ3) is 6.98. The highest BCUT2D eigenvalue weighted by Crippen LogP contribution is 2.41. The minimum atomic E-state index is -0.136. The molecule has 2 aromatic carbocycles. The summed E-state index contributed by atoms with van der Waals surface area (Å²) in [5.74, 6) is 2.86. The Balaban J connectivity index is 1.13. The fourth-order valence-electron chi connectivity index (χ4n) is 8.00. The Labute approximate surface area is 316 Å². The van der Waals surface area contributed by atoms with Crippen LogP contribution in [0.5, 0.6) is 0 Å².